The zero-order valence-corrected chi connectivity index (χ0v) is 22.2. The number of fused-ring (bicyclic) bond motifs is 3. The fourth-order valence-corrected chi connectivity index (χ4v) is 6.02. The highest BCUT2D eigenvalue weighted by Crippen LogP contribution is 2.43. The van der Waals surface area contributed by atoms with Crippen LogP contribution in [0, 0.1) is 6.92 Å². The fraction of sp³-hybridized carbons (Fsp3) is 0.273. The Bertz CT molecular complexity index is 1480. The van der Waals surface area contributed by atoms with Gasteiger partial charge in [0.25, 0.3) is 0 Å². The van der Waals surface area contributed by atoms with Crippen LogP contribution in [0.5, 0.6) is 0 Å². The topological polar surface area (TPSA) is 0 Å². The van der Waals surface area contributed by atoms with Crippen molar-refractivity contribution in [3.05, 3.63) is 95.6 Å². The summed E-state index contributed by atoms with van der Waals surface area (Å²) in [6.07, 6.45) is 0. The quantitative estimate of drug-likeness (QED) is 0.245. The minimum atomic E-state index is 0.0999. The van der Waals surface area contributed by atoms with Crippen molar-refractivity contribution in [2.75, 3.05) is 0 Å². The lowest BCUT2D eigenvalue weighted by Crippen LogP contribution is -2.16. The maximum absolute atomic E-state index is 2.40. The van der Waals surface area contributed by atoms with E-state index >= 15 is 0 Å². The molecular weight excluding hydrogens is 428 g/mol. The van der Waals surface area contributed by atoms with Crippen molar-refractivity contribution in [2.45, 2.75) is 59.3 Å². The number of hydrogen-bond acceptors (Lipinski definition) is 1. The summed E-state index contributed by atoms with van der Waals surface area (Å²) in [5.41, 5.74) is 9.63. The SMILES string of the molecule is Cc1c(-c2cc(C(C)(C)C)cc(C(C)(C)C)c2)cccc1-c1cccc2sc3ccccc3c12. The predicted octanol–water partition coefficient (Wildman–Crippen LogP) is 10.3. The average molecular weight is 463 g/mol. The van der Waals surface area contributed by atoms with Crippen LogP contribution in [-0.2, 0) is 10.8 Å². The molecule has 0 radical (unpaired) electrons. The Labute approximate surface area is 208 Å². The third-order valence-corrected chi connectivity index (χ3v) is 8.14. The van der Waals surface area contributed by atoms with Crippen molar-refractivity contribution in [3.63, 3.8) is 0 Å². The summed E-state index contributed by atoms with van der Waals surface area (Å²) in [4.78, 5) is 0. The molecule has 1 aromatic heterocycles. The van der Waals surface area contributed by atoms with Gasteiger partial charge >= 0.3 is 0 Å². The van der Waals surface area contributed by atoms with E-state index < -0.39 is 0 Å². The van der Waals surface area contributed by atoms with E-state index in [0.29, 0.717) is 0 Å². The molecule has 0 unspecified atom stereocenters. The monoisotopic (exact) mass is 462 g/mol. The van der Waals surface area contributed by atoms with E-state index in [4.69, 9.17) is 0 Å². The second-order valence-corrected chi connectivity index (χ2v) is 12.6. The molecule has 0 bridgehead atoms. The van der Waals surface area contributed by atoms with Crippen molar-refractivity contribution < 1.29 is 0 Å². The second-order valence-electron chi connectivity index (χ2n) is 11.6. The first-order valence-electron chi connectivity index (χ1n) is 12.2. The highest BCUT2D eigenvalue weighted by Gasteiger charge is 2.22. The van der Waals surface area contributed by atoms with Crippen molar-refractivity contribution in [3.8, 4) is 22.3 Å². The molecule has 1 heterocycles. The predicted molar refractivity (Wildman–Crippen MR) is 152 cm³/mol. The second kappa shape index (κ2) is 8.10. The lowest BCUT2D eigenvalue weighted by atomic mass is 9.78. The molecule has 0 fully saturated rings. The normalized spacial score (nSPS) is 12.6. The Hall–Kier alpha value is -2.90. The maximum atomic E-state index is 2.40. The fourth-order valence-electron chi connectivity index (χ4n) is 4.89. The van der Waals surface area contributed by atoms with Gasteiger partial charge in [-0.05, 0) is 68.8 Å². The number of benzene rings is 4. The van der Waals surface area contributed by atoms with Crippen LogP contribution in [0.15, 0.2) is 78.9 Å². The Kier molecular flexibility index (Phi) is 5.45. The summed E-state index contributed by atoms with van der Waals surface area (Å²) in [6.45, 7) is 16.1. The molecule has 5 rings (SSSR count). The van der Waals surface area contributed by atoms with Gasteiger partial charge in [-0.1, -0.05) is 108 Å². The Morgan fingerprint density at radius 3 is 1.79 bits per heavy atom. The molecule has 0 saturated heterocycles. The molecule has 0 saturated carbocycles. The molecule has 4 aromatic carbocycles. The summed E-state index contributed by atoms with van der Waals surface area (Å²) in [5, 5.41) is 2.73. The first kappa shape index (κ1) is 22.9. The van der Waals surface area contributed by atoms with Gasteiger partial charge in [0.1, 0.15) is 0 Å². The molecule has 0 nitrogen and oxygen atoms in total. The van der Waals surface area contributed by atoms with Crippen LogP contribution < -0.4 is 0 Å². The van der Waals surface area contributed by atoms with Crippen molar-refractivity contribution in [1.82, 2.24) is 0 Å². The van der Waals surface area contributed by atoms with Crippen LogP contribution in [0.3, 0.4) is 0 Å². The largest absolute Gasteiger partial charge is 0.135 e. The van der Waals surface area contributed by atoms with Gasteiger partial charge in [-0.2, -0.15) is 0 Å². The first-order chi connectivity index (χ1) is 16.0. The van der Waals surface area contributed by atoms with Gasteiger partial charge in [-0.25, -0.2) is 0 Å². The van der Waals surface area contributed by atoms with E-state index in [1.54, 1.807) is 0 Å². The molecule has 34 heavy (non-hydrogen) atoms. The summed E-state index contributed by atoms with van der Waals surface area (Å²) < 4.78 is 2.71. The lowest BCUT2D eigenvalue weighted by Gasteiger charge is -2.27. The van der Waals surface area contributed by atoms with Crippen molar-refractivity contribution in [1.29, 1.82) is 0 Å². The third-order valence-electron chi connectivity index (χ3n) is 7.00. The molecule has 0 atom stereocenters. The highest BCUT2D eigenvalue weighted by atomic mass is 32.1. The Morgan fingerprint density at radius 1 is 0.559 bits per heavy atom. The Balaban J connectivity index is 1.76. The lowest BCUT2D eigenvalue weighted by molar-refractivity contribution is 0.569. The van der Waals surface area contributed by atoms with Crippen molar-refractivity contribution >= 4 is 31.5 Å². The summed E-state index contributed by atoms with van der Waals surface area (Å²) in [5.74, 6) is 0. The highest BCUT2D eigenvalue weighted by molar-refractivity contribution is 7.25. The first-order valence-corrected chi connectivity index (χ1v) is 13.0. The molecular formula is C33H34S. The zero-order chi connectivity index (χ0) is 24.3. The molecule has 5 aromatic rings. The van der Waals surface area contributed by atoms with Gasteiger partial charge in [0, 0.05) is 20.2 Å². The van der Waals surface area contributed by atoms with Crippen LogP contribution in [0.25, 0.3) is 42.4 Å². The molecule has 0 aliphatic carbocycles. The van der Waals surface area contributed by atoms with Crippen LogP contribution in [0.1, 0.15) is 58.2 Å². The van der Waals surface area contributed by atoms with Gasteiger partial charge in [-0.3, -0.25) is 0 Å². The minimum absolute atomic E-state index is 0.0999. The van der Waals surface area contributed by atoms with E-state index in [0.717, 1.165) is 0 Å². The van der Waals surface area contributed by atoms with Crippen LogP contribution >= 0.6 is 11.3 Å². The van der Waals surface area contributed by atoms with Crippen LogP contribution in [-0.4, -0.2) is 0 Å². The zero-order valence-electron chi connectivity index (χ0n) is 21.4. The standard InChI is InChI=1S/C33H34S/c1-21-25(22-18-23(32(2,3)4)20-24(19-22)33(5,6)7)13-10-14-26(21)27-15-11-17-30-31(27)28-12-8-9-16-29(28)34-30/h8-20H,1-7H3. The smallest absolute Gasteiger partial charge is 0.0361 e. The van der Waals surface area contributed by atoms with E-state index in [1.807, 2.05) is 11.3 Å². The molecule has 0 aliphatic rings. The van der Waals surface area contributed by atoms with E-state index in [2.05, 4.69) is 127 Å². The van der Waals surface area contributed by atoms with Gasteiger partial charge in [0.2, 0.25) is 0 Å². The van der Waals surface area contributed by atoms with Gasteiger partial charge < -0.3 is 0 Å². The summed E-state index contributed by atoms with van der Waals surface area (Å²) >= 11 is 1.89. The molecule has 1 heteroatoms. The third kappa shape index (κ3) is 3.97. The number of rotatable bonds is 2. The maximum Gasteiger partial charge on any atom is 0.0361 e. The molecule has 0 spiro atoms. The van der Waals surface area contributed by atoms with E-state index in [1.165, 1.54) is 59.1 Å². The average Bonchev–Trinajstić information content (AvgIpc) is 3.17. The van der Waals surface area contributed by atoms with Crippen LogP contribution in [0.4, 0.5) is 0 Å². The number of hydrogen-bond donors (Lipinski definition) is 0. The summed E-state index contributed by atoms with van der Waals surface area (Å²) in [6, 6.07) is 29.6. The summed E-state index contributed by atoms with van der Waals surface area (Å²) in [7, 11) is 0. The van der Waals surface area contributed by atoms with Crippen molar-refractivity contribution in [2.24, 2.45) is 0 Å². The van der Waals surface area contributed by atoms with Gasteiger partial charge in [-0.15, -0.1) is 11.3 Å². The van der Waals surface area contributed by atoms with E-state index in [-0.39, 0.29) is 10.8 Å². The molecule has 0 amide bonds. The molecule has 172 valence electrons. The van der Waals surface area contributed by atoms with Gasteiger partial charge in [0.15, 0.2) is 0 Å². The number of thiophene rings is 1. The minimum Gasteiger partial charge on any atom is -0.135 e. The van der Waals surface area contributed by atoms with Crippen LogP contribution in [0.2, 0.25) is 0 Å². The Morgan fingerprint density at radius 2 is 1.12 bits per heavy atom. The molecule has 0 N–H and O–H groups in total. The van der Waals surface area contributed by atoms with E-state index in [9.17, 15) is 0 Å². The van der Waals surface area contributed by atoms with Gasteiger partial charge in [0.05, 0.1) is 0 Å². The molecule has 0 aliphatic heterocycles.